The number of imidazole rings is 1. The second-order valence-electron chi connectivity index (χ2n) is 7.76. The van der Waals surface area contributed by atoms with Crippen molar-refractivity contribution in [3.05, 3.63) is 93.2 Å². The molecule has 10 heteroatoms. The second-order valence-corrected chi connectivity index (χ2v) is 8.49. The van der Waals surface area contributed by atoms with Crippen LogP contribution in [0.5, 0.6) is 0 Å². The third-order valence-electron chi connectivity index (χ3n) is 5.74. The highest BCUT2D eigenvalue weighted by atomic mass is 35.5. The third-order valence-corrected chi connectivity index (χ3v) is 6.37. The number of pyridine rings is 1. The lowest BCUT2D eigenvalue weighted by molar-refractivity contribution is -0.126. The number of hydrogen-bond donors (Lipinski definition) is 0. The summed E-state index contributed by atoms with van der Waals surface area (Å²) in [5.41, 5.74) is 2.21. The van der Waals surface area contributed by atoms with Crippen molar-refractivity contribution in [3.63, 3.8) is 0 Å². The van der Waals surface area contributed by atoms with E-state index in [1.165, 1.54) is 10.8 Å². The highest BCUT2D eigenvalue weighted by Gasteiger charge is 2.23. The predicted molar refractivity (Wildman–Crippen MR) is 133 cm³/mol. The van der Waals surface area contributed by atoms with Crippen LogP contribution < -0.4 is 10.5 Å². The number of anilines is 1. The number of para-hydroxylation sites is 1. The fraction of sp³-hybridized carbons (Fsp3) is 0.167. The van der Waals surface area contributed by atoms with Crippen LogP contribution in [-0.4, -0.2) is 56.2 Å². The lowest BCUT2D eigenvalue weighted by Gasteiger charge is -2.35. The molecule has 34 heavy (non-hydrogen) atoms. The lowest BCUT2D eigenvalue weighted by Crippen LogP contribution is -2.48. The Morgan fingerprint density at radius 1 is 0.971 bits per heavy atom. The van der Waals surface area contributed by atoms with Gasteiger partial charge in [0.05, 0.1) is 23.3 Å². The Hall–Kier alpha value is -3.62. The van der Waals surface area contributed by atoms with Gasteiger partial charge in [-0.2, -0.15) is 9.78 Å². The van der Waals surface area contributed by atoms with E-state index in [0.29, 0.717) is 54.0 Å². The normalized spacial score (nSPS) is 14.3. The SMILES string of the molecule is O=C(/C=C/c1c(Cl)nc2ccccn12)N1CCN(c2cnn(-c3ccccc3)c(=O)c2Cl)CC1. The predicted octanol–water partition coefficient (Wildman–Crippen LogP) is 3.55. The molecule has 1 fully saturated rings. The Balaban J connectivity index is 1.27. The van der Waals surface area contributed by atoms with Gasteiger partial charge in [-0.15, -0.1) is 0 Å². The number of hydrogen-bond acceptors (Lipinski definition) is 5. The molecule has 1 amide bonds. The van der Waals surface area contributed by atoms with Crippen molar-refractivity contribution in [1.29, 1.82) is 0 Å². The molecule has 1 aliphatic rings. The van der Waals surface area contributed by atoms with Crippen molar-refractivity contribution in [2.24, 2.45) is 0 Å². The Bertz CT molecular complexity index is 1440. The van der Waals surface area contributed by atoms with Gasteiger partial charge in [-0.05, 0) is 30.3 Å². The van der Waals surface area contributed by atoms with Crippen LogP contribution in [0.2, 0.25) is 10.2 Å². The summed E-state index contributed by atoms with van der Waals surface area (Å²) in [6, 6.07) is 14.7. The molecule has 0 atom stereocenters. The second kappa shape index (κ2) is 9.32. The van der Waals surface area contributed by atoms with E-state index in [4.69, 9.17) is 23.2 Å². The summed E-state index contributed by atoms with van der Waals surface area (Å²) < 4.78 is 3.11. The zero-order valence-corrected chi connectivity index (χ0v) is 19.5. The van der Waals surface area contributed by atoms with Crippen LogP contribution in [-0.2, 0) is 4.79 Å². The number of aromatic nitrogens is 4. The van der Waals surface area contributed by atoms with Crippen LogP contribution in [0.25, 0.3) is 17.4 Å². The summed E-state index contributed by atoms with van der Waals surface area (Å²) in [5, 5.41) is 4.75. The van der Waals surface area contributed by atoms with Crippen LogP contribution in [0.3, 0.4) is 0 Å². The topological polar surface area (TPSA) is 75.7 Å². The fourth-order valence-electron chi connectivity index (χ4n) is 3.96. The van der Waals surface area contributed by atoms with Gasteiger partial charge in [-0.1, -0.05) is 47.5 Å². The summed E-state index contributed by atoms with van der Waals surface area (Å²) in [4.78, 5) is 33.5. The largest absolute Gasteiger partial charge is 0.365 e. The van der Waals surface area contributed by atoms with Gasteiger partial charge in [0.15, 0.2) is 5.15 Å². The molecule has 0 spiro atoms. The first-order valence-corrected chi connectivity index (χ1v) is 11.5. The van der Waals surface area contributed by atoms with E-state index in [-0.39, 0.29) is 16.5 Å². The average Bonchev–Trinajstić information content (AvgIpc) is 3.19. The number of carbonyl (C=O) groups excluding carboxylic acids is 1. The Labute approximate surface area is 205 Å². The van der Waals surface area contributed by atoms with Gasteiger partial charge in [0.25, 0.3) is 5.56 Å². The minimum Gasteiger partial charge on any atom is -0.365 e. The van der Waals surface area contributed by atoms with Crippen LogP contribution >= 0.6 is 23.2 Å². The van der Waals surface area contributed by atoms with E-state index < -0.39 is 0 Å². The van der Waals surface area contributed by atoms with E-state index in [1.807, 2.05) is 51.9 Å². The molecule has 0 saturated carbocycles. The maximum Gasteiger partial charge on any atom is 0.292 e. The molecule has 0 N–H and O–H groups in total. The van der Waals surface area contributed by atoms with Gasteiger partial charge in [0, 0.05) is 38.5 Å². The highest BCUT2D eigenvalue weighted by molar-refractivity contribution is 6.33. The van der Waals surface area contributed by atoms with Crippen molar-refractivity contribution in [1.82, 2.24) is 24.1 Å². The van der Waals surface area contributed by atoms with Gasteiger partial charge in [0.1, 0.15) is 10.7 Å². The van der Waals surface area contributed by atoms with E-state index in [2.05, 4.69) is 10.1 Å². The molecule has 0 unspecified atom stereocenters. The molecule has 3 aromatic heterocycles. The first kappa shape index (κ1) is 22.2. The van der Waals surface area contributed by atoms with E-state index in [0.717, 1.165) is 0 Å². The quantitative estimate of drug-likeness (QED) is 0.405. The molecule has 1 aliphatic heterocycles. The molecule has 4 heterocycles. The Kier molecular flexibility index (Phi) is 6.08. The first-order chi connectivity index (χ1) is 16.5. The minimum atomic E-state index is -0.378. The standard InChI is InChI=1S/C24H20Cl2N6O2/c25-22-19(16-27-32(24(22)34)17-6-2-1-3-7-17)29-12-14-30(15-13-29)21(33)10-9-18-23(26)28-20-8-4-5-11-31(18)20/h1-11,16H,12-15H2/b10-9+. The van der Waals surface area contributed by atoms with Crippen molar-refractivity contribution in [2.75, 3.05) is 31.1 Å². The summed E-state index contributed by atoms with van der Waals surface area (Å²) in [7, 11) is 0. The number of fused-ring (bicyclic) bond motifs is 1. The van der Waals surface area contributed by atoms with Crippen LogP contribution in [0.1, 0.15) is 5.69 Å². The number of amides is 1. The van der Waals surface area contributed by atoms with Crippen molar-refractivity contribution >= 4 is 46.5 Å². The van der Waals surface area contributed by atoms with E-state index >= 15 is 0 Å². The number of piperazine rings is 1. The van der Waals surface area contributed by atoms with E-state index in [1.54, 1.807) is 29.3 Å². The maximum atomic E-state index is 12.8. The zero-order chi connectivity index (χ0) is 23.7. The Morgan fingerprint density at radius 2 is 1.71 bits per heavy atom. The summed E-state index contributed by atoms with van der Waals surface area (Å²) >= 11 is 12.7. The molecule has 1 saturated heterocycles. The van der Waals surface area contributed by atoms with Crippen LogP contribution in [0, 0.1) is 0 Å². The summed E-state index contributed by atoms with van der Waals surface area (Å²) in [6.07, 6.45) is 6.63. The molecule has 4 aromatic rings. The van der Waals surface area contributed by atoms with Gasteiger partial charge >= 0.3 is 0 Å². The van der Waals surface area contributed by atoms with Crippen LogP contribution in [0.15, 0.2) is 71.8 Å². The third kappa shape index (κ3) is 4.18. The number of rotatable bonds is 4. The van der Waals surface area contributed by atoms with Gasteiger partial charge in [-0.3, -0.25) is 14.0 Å². The number of nitrogens with zero attached hydrogens (tertiary/aromatic N) is 6. The molecule has 0 radical (unpaired) electrons. The highest BCUT2D eigenvalue weighted by Crippen LogP contribution is 2.23. The Morgan fingerprint density at radius 3 is 2.47 bits per heavy atom. The van der Waals surface area contributed by atoms with Gasteiger partial charge in [-0.25, -0.2) is 4.98 Å². The minimum absolute atomic E-state index is 0.112. The molecule has 0 aliphatic carbocycles. The number of halogens is 2. The number of carbonyl (C=O) groups is 1. The monoisotopic (exact) mass is 494 g/mol. The number of benzene rings is 1. The lowest BCUT2D eigenvalue weighted by atomic mass is 10.2. The van der Waals surface area contributed by atoms with Crippen molar-refractivity contribution in [3.8, 4) is 5.69 Å². The smallest absolute Gasteiger partial charge is 0.292 e. The average molecular weight is 495 g/mol. The van der Waals surface area contributed by atoms with E-state index in [9.17, 15) is 9.59 Å². The fourth-order valence-corrected chi connectivity index (χ4v) is 4.45. The first-order valence-electron chi connectivity index (χ1n) is 10.7. The van der Waals surface area contributed by atoms with Crippen molar-refractivity contribution < 1.29 is 4.79 Å². The van der Waals surface area contributed by atoms with Crippen LogP contribution in [0.4, 0.5) is 5.69 Å². The van der Waals surface area contributed by atoms with Gasteiger partial charge < -0.3 is 9.80 Å². The molecule has 172 valence electrons. The molecule has 8 nitrogen and oxygen atoms in total. The molecule has 5 rings (SSSR count). The summed E-state index contributed by atoms with van der Waals surface area (Å²) in [5.74, 6) is -0.120. The molecule has 0 bridgehead atoms. The zero-order valence-electron chi connectivity index (χ0n) is 18.0. The molecular formula is C24H20Cl2N6O2. The van der Waals surface area contributed by atoms with Gasteiger partial charge in [0.2, 0.25) is 5.91 Å². The van der Waals surface area contributed by atoms with Crippen molar-refractivity contribution in [2.45, 2.75) is 0 Å². The molecular weight excluding hydrogens is 475 g/mol. The summed E-state index contributed by atoms with van der Waals surface area (Å²) in [6.45, 7) is 2.04. The molecule has 1 aromatic carbocycles. The maximum absolute atomic E-state index is 12.8.